The molecule has 0 bridgehead atoms. The van der Waals surface area contributed by atoms with E-state index < -0.39 is 0 Å². The van der Waals surface area contributed by atoms with Gasteiger partial charge in [-0.25, -0.2) is 4.98 Å². The third-order valence-electron chi connectivity index (χ3n) is 3.26. The van der Waals surface area contributed by atoms with Gasteiger partial charge in [0.25, 0.3) is 5.91 Å². The number of carbonyl (C=O) groups is 1. The van der Waals surface area contributed by atoms with Gasteiger partial charge >= 0.3 is 0 Å². The van der Waals surface area contributed by atoms with E-state index in [1.807, 2.05) is 24.3 Å². The van der Waals surface area contributed by atoms with E-state index in [9.17, 15) is 4.79 Å². The monoisotopic (exact) mass is 343 g/mol. The number of nitrogens with one attached hydrogen (secondary N) is 2. The molecule has 21 heavy (non-hydrogen) atoms. The first-order valence-electron chi connectivity index (χ1n) is 6.43. The zero-order chi connectivity index (χ0) is 13.9. The molecule has 112 valence electrons. The minimum absolute atomic E-state index is 0. The average molecular weight is 344 g/mol. The smallest absolute Gasteiger partial charge is 0.270 e. The lowest BCUT2D eigenvalue weighted by molar-refractivity contribution is 0.0938. The van der Waals surface area contributed by atoms with Gasteiger partial charge in [0, 0.05) is 36.5 Å². The summed E-state index contributed by atoms with van der Waals surface area (Å²) in [5.41, 5.74) is 1.32. The van der Waals surface area contributed by atoms with Crippen molar-refractivity contribution in [2.45, 2.75) is 0 Å². The number of hydrogen-bond acceptors (Lipinski definition) is 4. The minimum Gasteiger partial charge on any atom is -0.350 e. The molecule has 0 radical (unpaired) electrons. The van der Waals surface area contributed by atoms with E-state index in [1.165, 1.54) is 11.3 Å². The van der Waals surface area contributed by atoms with Gasteiger partial charge in [0.15, 0.2) is 0 Å². The van der Waals surface area contributed by atoms with Crippen LogP contribution in [0.3, 0.4) is 0 Å². The van der Waals surface area contributed by atoms with Crippen LogP contribution in [0.4, 0.5) is 0 Å². The first-order chi connectivity index (χ1) is 9.74. The van der Waals surface area contributed by atoms with Crippen molar-refractivity contribution in [1.29, 1.82) is 0 Å². The van der Waals surface area contributed by atoms with Gasteiger partial charge in [-0.3, -0.25) is 4.79 Å². The number of carbonyl (C=O) groups excluding carboxylic acids is 1. The maximum atomic E-state index is 12.0. The molecule has 2 heterocycles. The van der Waals surface area contributed by atoms with Gasteiger partial charge in [0.1, 0.15) is 10.7 Å². The Morgan fingerprint density at radius 3 is 2.86 bits per heavy atom. The van der Waals surface area contributed by atoms with Gasteiger partial charge in [-0.1, -0.05) is 29.8 Å². The first-order valence-corrected chi connectivity index (χ1v) is 7.69. The Kier molecular flexibility index (Phi) is 5.58. The van der Waals surface area contributed by atoms with Crippen LogP contribution in [0.1, 0.15) is 10.5 Å². The third kappa shape index (κ3) is 3.74. The molecule has 4 nitrogen and oxygen atoms in total. The van der Waals surface area contributed by atoms with Crippen LogP contribution in [0.25, 0.3) is 10.6 Å². The normalized spacial score (nSPS) is 14.1. The molecular formula is C14H15Cl2N3OS. The molecule has 1 fully saturated rings. The van der Waals surface area contributed by atoms with Gasteiger partial charge in [-0.15, -0.1) is 23.7 Å². The number of benzene rings is 1. The Bertz CT molecular complexity index is 628. The van der Waals surface area contributed by atoms with Crippen molar-refractivity contribution in [2.75, 3.05) is 19.6 Å². The van der Waals surface area contributed by atoms with E-state index in [4.69, 9.17) is 11.6 Å². The molecule has 2 aromatic rings. The molecule has 1 saturated heterocycles. The molecule has 2 N–H and O–H groups in total. The number of nitrogens with zero attached hydrogens (tertiary/aromatic N) is 1. The van der Waals surface area contributed by atoms with Crippen LogP contribution in [0.2, 0.25) is 5.02 Å². The molecule has 7 heteroatoms. The lowest BCUT2D eigenvalue weighted by Crippen LogP contribution is -2.48. The molecule has 1 aromatic carbocycles. The van der Waals surface area contributed by atoms with Crippen LogP contribution in [0.5, 0.6) is 0 Å². The second-order valence-electron chi connectivity index (χ2n) is 4.75. The molecule has 0 atom stereocenters. The van der Waals surface area contributed by atoms with Crippen molar-refractivity contribution >= 4 is 41.3 Å². The average Bonchev–Trinajstić information content (AvgIpc) is 2.87. The van der Waals surface area contributed by atoms with E-state index in [2.05, 4.69) is 15.6 Å². The van der Waals surface area contributed by atoms with E-state index in [0.29, 0.717) is 23.2 Å². The number of halogens is 2. The number of aromatic nitrogens is 1. The van der Waals surface area contributed by atoms with E-state index in [1.54, 1.807) is 5.38 Å². The summed E-state index contributed by atoms with van der Waals surface area (Å²) < 4.78 is 0. The van der Waals surface area contributed by atoms with Crippen molar-refractivity contribution in [1.82, 2.24) is 15.6 Å². The molecule has 1 aromatic heterocycles. The largest absolute Gasteiger partial charge is 0.350 e. The summed E-state index contributed by atoms with van der Waals surface area (Å²) in [5, 5.41) is 9.28. The number of hydrogen-bond donors (Lipinski definition) is 2. The summed E-state index contributed by atoms with van der Waals surface area (Å²) >= 11 is 7.57. The second-order valence-corrected chi connectivity index (χ2v) is 6.02. The van der Waals surface area contributed by atoms with Crippen molar-refractivity contribution in [2.24, 2.45) is 5.92 Å². The topological polar surface area (TPSA) is 54.0 Å². The maximum Gasteiger partial charge on any atom is 0.270 e. The van der Waals surface area contributed by atoms with Crippen LogP contribution < -0.4 is 10.6 Å². The van der Waals surface area contributed by atoms with Gasteiger partial charge in [-0.2, -0.15) is 0 Å². The van der Waals surface area contributed by atoms with Gasteiger partial charge < -0.3 is 10.6 Å². The van der Waals surface area contributed by atoms with Crippen LogP contribution >= 0.6 is 35.3 Å². The van der Waals surface area contributed by atoms with Crippen LogP contribution in [-0.4, -0.2) is 30.5 Å². The number of amides is 1. The maximum absolute atomic E-state index is 12.0. The fourth-order valence-electron chi connectivity index (χ4n) is 1.96. The van der Waals surface area contributed by atoms with Gasteiger partial charge in [-0.05, 0) is 6.07 Å². The Labute approximate surface area is 138 Å². The highest BCUT2D eigenvalue weighted by Gasteiger charge is 2.19. The highest BCUT2D eigenvalue weighted by molar-refractivity contribution is 7.13. The summed E-state index contributed by atoms with van der Waals surface area (Å²) in [6.45, 7) is 2.65. The quantitative estimate of drug-likeness (QED) is 0.897. The molecule has 0 saturated carbocycles. The summed E-state index contributed by atoms with van der Waals surface area (Å²) in [6.07, 6.45) is 0. The fourth-order valence-corrected chi connectivity index (χ4v) is 3.08. The molecule has 1 amide bonds. The third-order valence-corrected chi connectivity index (χ3v) is 4.46. The molecule has 0 unspecified atom stereocenters. The SMILES string of the molecule is Cl.O=C(NCC1CNC1)c1csc(-c2ccccc2Cl)n1. The second kappa shape index (κ2) is 7.22. The van der Waals surface area contributed by atoms with E-state index in [0.717, 1.165) is 23.7 Å². The lowest BCUT2D eigenvalue weighted by atomic mass is 10.0. The Hall–Kier alpha value is -1.14. The summed E-state index contributed by atoms with van der Waals surface area (Å²) in [4.78, 5) is 16.4. The van der Waals surface area contributed by atoms with E-state index in [-0.39, 0.29) is 18.3 Å². The Balaban J connectivity index is 0.00000161. The fraction of sp³-hybridized carbons (Fsp3) is 0.286. The first kappa shape index (κ1) is 16.2. The van der Waals surface area contributed by atoms with Crippen molar-refractivity contribution < 1.29 is 4.79 Å². The molecule has 3 rings (SSSR count). The number of thiazole rings is 1. The highest BCUT2D eigenvalue weighted by Crippen LogP contribution is 2.29. The van der Waals surface area contributed by atoms with Crippen LogP contribution in [-0.2, 0) is 0 Å². The van der Waals surface area contributed by atoms with E-state index >= 15 is 0 Å². The molecule has 1 aliphatic heterocycles. The van der Waals surface area contributed by atoms with Crippen LogP contribution in [0, 0.1) is 5.92 Å². The predicted octanol–water partition coefficient (Wildman–Crippen LogP) is 2.83. The summed E-state index contributed by atoms with van der Waals surface area (Å²) in [5.74, 6) is 0.423. The van der Waals surface area contributed by atoms with Crippen molar-refractivity contribution in [3.63, 3.8) is 0 Å². The Morgan fingerprint density at radius 2 is 2.19 bits per heavy atom. The van der Waals surface area contributed by atoms with Crippen LogP contribution in [0.15, 0.2) is 29.6 Å². The summed E-state index contributed by atoms with van der Waals surface area (Å²) in [6, 6.07) is 7.51. The Morgan fingerprint density at radius 1 is 1.43 bits per heavy atom. The lowest BCUT2D eigenvalue weighted by Gasteiger charge is -2.26. The highest BCUT2D eigenvalue weighted by atomic mass is 35.5. The molecule has 0 aliphatic carbocycles. The predicted molar refractivity (Wildman–Crippen MR) is 88.5 cm³/mol. The van der Waals surface area contributed by atoms with Crippen molar-refractivity contribution in [3.05, 3.63) is 40.4 Å². The van der Waals surface area contributed by atoms with Gasteiger partial charge in [0.05, 0.1) is 5.02 Å². The standard InChI is InChI=1S/C14H14ClN3OS.ClH/c15-11-4-2-1-3-10(11)14-18-12(8-20-14)13(19)17-7-9-5-16-6-9;/h1-4,8-9,16H,5-7H2,(H,17,19);1H. The summed E-state index contributed by atoms with van der Waals surface area (Å²) in [7, 11) is 0. The molecule has 1 aliphatic rings. The van der Waals surface area contributed by atoms with Crippen molar-refractivity contribution in [3.8, 4) is 10.6 Å². The molecular weight excluding hydrogens is 329 g/mol. The minimum atomic E-state index is -0.119. The zero-order valence-corrected chi connectivity index (χ0v) is 13.5. The molecule has 0 spiro atoms. The zero-order valence-electron chi connectivity index (χ0n) is 11.1. The van der Waals surface area contributed by atoms with Gasteiger partial charge in [0.2, 0.25) is 0 Å². The number of rotatable bonds is 4.